The first kappa shape index (κ1) is 31.1. The van der Waals surface area contributed by atoms with Gasteiger partial charge in [0.2, 0.25) is 0 Å². The number of piperidine rings is 1. The number of rotatable bonds is 9. The molecular weight excluding hydrogens is 597 g/mol. The van der Waals surface area contributed by atoms with Crippen molar-refractivity contribution in [2.24, 2.45) is 0 Å². The second-order valence-corrected chi connectivity index (χ2v) is 12.3. The number of sulfonamides is 1. The Bertz CT molecular complexity index is 1800. The third kappa shape index (κ3) is 7.40. The van der Waals surface area contributed by atoms with Crippen LogP contribution in [0.5, 0.6) is 5.75 Å². The molecule has 2 aromatic heterocycles. The zero-order valence-electron chi connectivity index (χ0n) is 24.5. The van der Waals surface area contributed by atoms with Crippen LogP contribution in [0.1, 0.15) is 24.3 Å². The number of anilines is 3. The molecule has 0 amide bonds. The number of hydrogen-bond acceptors (Lipinski definition) is 8. The number of halogens is 3. The van der Waals surface area contributed by atoms with Gasteiger partial charge in [-0.2, -0.15) is 13.2 Å². The Hall–Kier alpha value is -4.35. The van der Waals surface area contributed by atoms with Gasteiger partial charge in [0.25, 0.3) is 10.0 Å². The second kappa shape index (κ2) is 12.7. The molecule has 3 heterocycles. The summed E-state index contributed by atoms with van der Waals surface area (Å²) < 4.78 is 80.2. The fraction of sp³-hybridized carbons (Fsp3) is 0.367. The third-order valence-electron chi connectivity index (χ3n) is 7.30. The molecular formula is C30H33F3N6O4S. The molecule has 1 aliphatic heterocycles. The number of hydrogen-bond donors (Lipinski definition) is 3. The number of alkyl halides is 3. The lowest BCUT2D eigenvalue weighted by Gasteiger charge is -2.30. The van der Waals surface area contributed by atoms with E-state index < -0.39 is 22.7 Å². The second-order valence-electron chi connectivity index (χ2n) is 10.6. The van der Waals surface area contributed by atoms with Crippen LogP contribution < -0.4 is 20.1 Å². The van der Waals surface area contributed by atoms with Crippen molar-refractivity contribution in [2.45, 2.75) is 43.4 Å². The number of nitrogens with one attached hydrogen (secondary N) is 3. The molecule has 0 bridgehead atoms. The molecule has 3 N–H and O–H groups in total. The number of benzene rings is 2. The minimum atomic E-state index is -4.44. The van der Waals surface area contributed by atoms with E-state index in [1.54, 1.807) is 25.1 Å². The van der Waals surface area contributed by atoms with Crippen molar-refractivity contribution in [3.8, 4) is 17.6 Å². The van der Waals surface area contributed by atoms with E-state index in [1.165, 1.54) is 35.9 Å². The molecule has 44 heavy (non-hydrogen) atoms. The van der Waals surface area contributed by atoms with Crippen molar-refractivity contribution in [3.63, 3.8) is 0 Å². The summed E-state index contributed by atoms with van der Waals surface area (Å²) in [6.45, 7) is 2.44. The average molecular weight is 631 g/mol. The molecule has 1 saturated heterocycles. The smallest absolute Gasteiger partial charge is 0.406 e. The van der Waals surface area contributed by atoms with Crippen molar-refractivity contribution in [3.05, 3.63) is 60.0 Å². The van der Waals surface area contributed by atoms with Gasteiger partial charge in [-0.05, 0) is 76.2 Å². The zero-order chi connectivity index (χ0) is 31.5. The number of nitrogens with zero attached hydrogens (tertiary/aromatic N) is 3. The van der Waals surface area contributed by atoms with Gasteiger partial charge < -0.3 is 29.4 Å². The number of aromatic nitrogens is 2. The lowest BCUT2D eigenvalue weighted by molar-refractivity contribution is -0.140. The first-order chi connectivity index (χ1) is 20.9. The number of aryl methyl sites for hydroxylation is 1. The summed E-state index contributed by atoms with van der Waals surface area (Å²) in [6.07, 6.45) is -2.54. The predicted octanol–water partition coefficient (Wildman–Crippen LogP) is 5.28. The maximum atomic E-state index is 13.6. The van der Waals surface area contributed by atoms with Gasteiger partial charge in [-0.3, -0.25) is 4.72 Å². The monoisotopic (exact) mass is 630 g/mol. The van der Waals surface area contributed by atoms with E-state index in [9.17, 15) is 21.6 Å². The van der Waals surface area contributed by atoms with Crippen LogP contribution in [0.15, 0.2) is 57.9 Å². The highest BCUT2D eigenvalue weighted by Crippen LogP contribution is 2.32. The van der Waals surface area contributed by atoms with E-state index >= 15 is 0 Å². The zero-order valence-corrected chi connectivity index (χ0v) is 25.3. The molecule has 234 valence electrons. The molecule has 0 radical (unpaired) electrons. The summed E-state index contributed by atoms with van der Waals surface area (Å²) in [7, 11) is -0.503. The van der Waals surface area contributed by atoms with Crippen LogP contribution in [-0.2, 0) is 16.6 Å². The van der Waals surface area contributed by atoms with Crippen LogP contribution in [-0.4, -0.2) is 69.1 Å². The van der Waals surface area contributed by atoms with E-state index in [2.05, 4.69) is 44.3 Å². The molecule has 1 fully saturated rings. The number of ether oxygens (including phenoxy) is 1. The molecule has 0 aliphatic carbocycles. The quantitative estimate of drug-likeness (QED) is 0.214. The lowest BCUT2D eigenvalue weighted by Crippen LogP contribution is -2.36. The summed E-state index contributed by atoms with van der Waals surface area (Å²) in [4.78, 5) is 2.19. The van der Waals surface area contributed by atoms with Gasteiger partial charge in [-0.15, -0.1) is 0 Å². The average Bonchev–Trinajstić information content (AvgIpc) is 3.53. The highest BCUT2D eigenvalue weighted by atomic mass is 32.2. The van der Waals surface area contributed by atoms with E-state index in [1.807, 2.05) is 6.07 Å². The Morgan fingerprint density at radius 1 is 1.11 bits per heavy atom. The van der Waals surface area contributed by atoms with Crippen LogP contribution >= 0.6 is 0 Å². The summed E-state index contributed by atoms with van der Waals surface area (Å²) in [5.41, 5.74) is 1.93. The molecule has 1 aliphatic rings. The van der Waals surface area contributed by atoms with Crippen molar-refractivity contribution in [1.29, 1.82) is 0 Å². The molecule has 10 nitrogen and oxygen atoms in total. The van der Waals surface area contributed by atoms with E-state index in [-0.39, 0.29) is 34.7 Å². The molecule has 0 atom stereocenters. The molecule has 0 spiro atoms. The maximum Gasteiger partial charge on any atom is 0.406 e. The largest absolute Gasteiger partial charge is 0.495 e. The fourth-order valence-corrected chi connectivity index (χ4v) is 6.11. The highest BCUT2D eigenvalue weighted by molar-refractivity contribution is 7.92. The van der Waals surface area contributed by atoms with Crippen LogP contribution in [0.2, 0.25) is 0 Å². The molecule has 4 aromatic rings. The van der Waals surface area contributed by atoms with Gasteiger partial charge >= 0.3 is 6.18 Å². The Morgan fingerprint density at radius 2 is 1.89 bits per heavy atom. The number of likely N-dealkylation sites (tertiary alicyclic amines) is 1. The minimum Gasteiger partial charge on any atom is -0.495 e. The molecule has 2 aromatic carbocycles. The van der Waals surface area contributed by atoms with E-state index in [0.29, 0.717) is 22.4 Å². The van der Waals surface area contributed by atoms with E-state index in [0.717, 1.165) is 31.6 Å². The Morgan fingerprint density at radius 3 is 2.57 bits per heavy atom. The molecule has 14 heteroatoms. The summed E-state index contributed by atoms with van der Waals surface area (Å²) in [5.74, 6) is 6.52. The van der Waals surface area contributed by atoms with Gasteiger partial charge in [-0.25, -0.2) is 8.42 Å². The van der Waals surface area contributed by atoms with Crippen molar-refractivity contribution in [1.82, 2.24) is 14.6 Å². The predicted molar refractivity (Wildman–Crippen MR) is 163 cm³/mol. The molecule has 0 saturated carbocycles. The SMILES string of the molecule is COc1cc(S(=O)(=O)Nc2cc(C)on2)ccc1NCC#Cc1cc2c(NC3CCN(C)CC3)cccc2n1CC(F)(F)F. The highest BCUT2D eigenvalue weighted by Gasteiger charge is 2.30. The Kier molecular flexibility index (Phi) is 8.98. The Labute approximate surface area is 253 Å². The maximum absolute atomic E-state index is 13.6. The first-order valence-electron chi connectivity index (χ1n) is 13.9. The van der Waals surface area contributed by atoms with Gasteiger partial charge in [0, 0.05) is 29.2 Å². The normalized spacial score (nSPS) is 14.7. The van der Waals surface area contributed by atoms with Crippen molar-refractivity contribution in [2.75, 3.05) is 49.1 Å². The summed E-state index contributed by atoms with van der Waals surface area (Å²) in [6, 6.07) is 12.9. The first-order valence-corrected chi connectivity index (χ1v) is 15.4. The third-order valence-corrected chi connectivity index (χ3v) is 8.65. The van der Waals surface area contributed by atoms with Crippen LogP contribution in [0.4, 0.5) is 30.4 Å². The van der Waals surface area contributed by atoms with Crippen molar-refractivity contribution < 1.29 is 30.8 Å². The van der Waals surface area contributed by atoms with Gasteiger partial charge in [-0.1, -0.05) is 17.1 Å². The van der Waals surface area contributed by atoms with E-state index in [4.69, 9.17) is 9.26 Å². The summed E-state index contributed by atoms with van der Waals surface area (Å²) in [5, 5.41) is 10.9. The standard InChI is InChI=1S/C30H33F3N6O4S/c1-20-16-29(36-43-20)37-44(40,41)23-9-10-26(28(18-23)42-3)34-13-5-6-22-17-24-25(35-21-11-14-38(2)15-12-21)7-4-8-27(24)39(22)19-30(31,32)33/h4,7-10,16-18,21,34-35H,11-15,19H2,1-3H3,(H,36,37). The van der Waals surface area contributed by atoms with Gasteiger partial charge in [0.05, 0.1) is 35.4 Å². The van der Waals surface area contributed by atoms with Gasteiger partial charge in [0.15, 0.2) is 5.82 Å². The number of methoxy groups -OCH3 is 1. The van der Waals surface area contributed by atoms with Crippen LogP contribution in [0, 0.1) is 18.8 Å². The minimum absolute atomic E-state index is 0.0478. The molecule has 0 unspecified atom stereocenters. The Balaban J connectivity index is 1.35. The van der Waals surface area contributed by atoms with Crippen molar-refractivity contribution >= 4 is 38.1 Å². The van der Waals surface area contributed by atoms with Gasteiger partial charge in [0.1, 0.15) is 18.1 Å². The van der Waals surface area contributed by atoms with Crippen LogP contribution in [0.25, 0.3) is 10.9 Å². The lowest BCUT2D eigenvalue weighted by atomic mass is 10.0. The number of fused-ring (bicyclic) bond motifs is 1. The van der Waals surface area contributed by atoms with Crippen LogP contribution in [0.3, 0.4) is 0 Å². The fourth-order valence-electron chi connectivity index (χ4n) is 5.11. The topological polar surface area (TPSA) is 114 Å². The molecule has 5 rings (SSSR count). The summed E-state index contributed by atoms with van der Waals surface area (Å²) >= 11 is 0.